The van der Waals surface area contributed by atoms with Crippen molar-refractivity contribution in [3.8, 4) is 0 Å². The molecule has 0 aliphatic carbocycles. The predicted octanol–water partition coefficient (Wildman–Crippen LogP) is -0.0171. The highest BCUT2D eigenvalue weighted by molar-refractivity contribution is 5.88. The normalized spacial score (nSPS) is 12.0. The summed E-state index contributed by atoms with van der Waals surface area (Å²) in [5, 5.41) is 8.04. The molecule has 0 bridgehead atoms. The Labute approximate surface area is 46.6 Å². The van der Waals surface area contributed by atoms with E-state index in [2.05, 4.69) is 6.58 Å². The monoisotopic (exact) mass is 113 g/mol. The maximum absolute atomic E-state index is 9.83. The Morgan fingerprint density at radius 1 is 1.88 bits per heavy atom. The molecule has 0 aromatic carbocycles. The van der Waals surface area contributed by atoms with Crippen molar-refractivity contribution < 1.29 is 14.7 Å². The van der Waals surface area contributed by atoms with E-state index in [-0.39, 0.29) is 0 Å². The third-order valence-corrected chi connectivity index (χ3v) is 0.629. The van der Waals surface area contributed by atoms with Gasteiger partial charge in [0.2, 0.25) is 6.29 Å². The molecule has 1 atom stereocenters. The number of carboxylic acid groups (broad SMARTS) is 1. The summed E-state index contributed by atoms with van der Waals surface area (Å²) in [6.45, 7) is 3.11. The minimum atomic E-state index is -1.21. The summed E-state index contributed by atoms with van der Waals surface area (Å²) >= 11 is 0. The van der Waals surface area contributed by atoms with E-state index < -0.39 is 11.9 Å². The minimum absolute atomic E-state index is 1.02. The van der Waals surface area contributed by atoms with Crippen LogP contribution in [0.1, 0.15) is 0 Å². The highest BCUT2D eigenvalue weighted by atomic mass is 16.4. The summed E-state index contributed by atoms with van der Waals surface area (Å²) in [4.78, 5) is 19.4. The molecule has 0 aliphatic heterocycles. The lowest BCUT2D eigenvalue weighted by atomic mass is 10.2. The number of hydrogen-bond donors (Lipinski definition) is 1. The molecule has 0 aromatic rings. The van der Waals surface area contributed by atoms with Crippen LogP contribution in [0.3, 0.4) is 0 Å². The zero-order valence-corrected chi connectivity index (χ0v) is 4.13. The van der Waals surface area contributed by atoms with Crippen LogP contribution in [0.15, 0.2) is 12.7 Å². The van der Waals surface area contributed by atoms with E-state index in [1.165, 1.54) is 6.29 Å². The van der Waals surface area contributed by atoms with Crippen molar-refractivity contribution in [2.45, 2.75) is 0 Å². The molecule has 0 aromatic heterocycles. The van der Waals surface area contributed by atoms with Crippen molar-refractivity contribution in [3.05, 3.63) is 12.7 Å². The molecule has 3 nitrogen and oxygen atoms in total. The summed E-state index contributed by atoms with van der Waals surface area (Å²) in [7, 11) is 0. The average Bonchev–Trinajstić information content (AvgIpc) is 1.69. The van der Waals surface area contributed by atoms with E-state index in [9.17, 15) is 9.59 Å². The van der Waals surface area contributed by atoms with Crippen LogP contribution in [0.2, 0.25) is 0 Å². The molecule has 0 spiro atoms. The number of carboxylic acids is 1. The van der Waals surface area contributed by atoms with E-state index in [1.807, 2.05) is 0 Å². The van der Waals surface area contributed by atoms with Crippen LogP contribution >= 0.6 is 0 Å². The van der Waals surface area contributed by atoms with E-state index in [1.54, 1.807) is 0 Å². The maximum atomic E-state index is 9.83. The summed E-state index contributed by atoms with van der Waals surface area (Å²) in [6.07, 6.45) is 2.31. The number of rotatable bonds is 3. The lowest BCUT2D eigenvalue weighted by Crippen LogP contribution is -2.10. The van der Waals surface area contributed by atoms with Gasteiger partial charge in [0.25, 0.3) is 0 Å². The molecule has 1 N–H and O–H groups in total. The molecule has 0 saturated heterocycles. The Morgan fingerprint density at radius 2 is 2.38 bits per heavy atom. The van der Waals surface area contributed by atoms with Crippen molar-refractivity contribution in [1.29, 1.82) is 0 Å². The molecule has 0 rings (SSSR count). The van der Waals surface area contributed by atoms with Gasteiger partial charge >= 0.3 is 5.97 Å². The summed E-state index contributed by atoms with van der Waals surface area (Å²) in [6, 6.07) is 0. The van der Waals surface area contributed by atoms with Gasteiger partial charge in [-0.25, -0.2) is 0 Å². The fraction of sp³-hybridized carbons (Fsp3) is 0.200. The third kappa shape index (κ3) is 1.55. The van der Waals surface area contributed by atoms with Crippen LogP contribution < -0.4 is 0 Å². The predicted molar refractivity (Wildman–Crippen MR) is 27.0 cm³/mol. The van der Waals surface area contributed by atoms with Crippen LogP contribution in [-0.2, 0) is 9.59 Å². The van der Waals surface area contributed by atoms with E-state index in [0.717, 1.165) is 6.08 Å². The summed E-state index contributed by atoms with van der Waals surface area (Å²) < 4.78 is 0. The van der Waals surface area contributed by atoms with Crippen molar-refractivity contribution in [3.63, 3.8) is 0 Å². The topological polar surface area (TPSA) is 54.4 Å². The van der Waals surface area contributed by atoms with E-state index in [4.69, 9.17) is 5.11 Å². The van der Waals surface area contributed by atoms with Gasteiger partial charge in [0.1, 0.15) is 5.92 Å². The second-order valence-electron chi connectivity index (χ2n) is 1.17. The molecule has 43 valence electrons. The largest absolute Gasteiger partial charge is 0.480 e. The standard InChI is InChI=1S/C5H5O3/c1-2-4(3-6)5(7)8/h2,4H,1H2,(H,7,8). The SMILES string of the molecule is C=CC([C]=O)C(=O)O. The lowest BCUT2D eigenvalue weighted by molar-refractivity contribution is -0.138. The fourth-order valence-electron chi connectivity index (χ4n) is 0.199. The highest BCUT2D eigenvalue weighted by Crippen LogP contribution is 1.90. The molecule has 8 heavy (non-hydrogen) atoms. The number of carbonyl (C=O) groups excluding carboxylic acids is 1. The number of hydrogen-bond acceptors (Lipinski definition) is 2. The Hall–Kier alpha value is -1.12. The molecule has 3 heteroatoms. The first-order valence-electron chi connectivity index (χ1n) is 1.95. The van der Waals surface area contributed by atoms with Crippen molar-refractivity contribution >= 4 is 12.3 Å². The Morgan fingerprint density at radius 3 is 2.38 bits per heavy atom. The first kappa shape index (κ1) is 6.88. The number of carbonyl (C=O) groups is 1. The van der Waals surface area contributed by atoms with E-state index in [0.29, 0.717) is 0 Å². The van der Waals surface area contributed by atoms with Crippen LogP contribution in [-0.4, -0.2) is 17.4 Å². The lowest BCUT2D eigenvalue weighted by Gasteiger charge is -1.89. The van der Waals surface area contributed by atoms with Gasteiger partial charge in [-0.3, -0.25) is 9.59 Å². The van der Waals surface area contributed by atoms with Crippen LogP contribution in [0.4, 0.5) is 0 Å². The molecule has 0 saturated carbocycles. The zero-order valence-electron chi connectivity index (χ0n) is 4.13. The molecule has 0 fully saturated rings. The molecular weight excluding hydrogens is 108 g/mol. The van der Waals surface area contributed by atoms with Crippen molar-refractivity contribution in [2.75, 3.05) is 0 Å². The molecular formula is C5H5O3. The maximum Gasteiger partial charge on any atom is 0.318 e. The quantitative estimate of drug-likeness (QED) is 0.413. The summed E-state index contributed by atoms with van der Waals surface area (Å²) in [5.74, 6) is -2.38. The molecule has 0 heterocycles. The van der Waals surface area contributed by atoms with Gasteiger partial charge in [0, 0.05) is 0 Å². The Kier molecular flexibility index (Phi) is 2.54. The van der Waals surface area contributed by atoms with Gasteiger partial charge in [-0.05, 0) is 0 Å². The number of aliphatic carboxylic acids is 1. The fourth-order valence-corrected chi connectivity index (χ4v) is 0.199. The first-order valence-corrected chi connectivity index (χ1v) is 1.95. The van der Waals surface area contributed by atoms with Gasteiger partial charge in [0.05, 0.1) is 0 Å². The minimum Gasteiger partial charge on any atom is -0.480 e. The molecule has 0 amide bonds. The third-order valence-electron chi connectivity index (χ3n) is 0.629. The smallest absolute Gasteiger partial charge is 0.318 e. The van der Waals surface area contributed by atoms with Gasteiger partial charge < -0.3 is 5.11 Å². The van der Waals surface area contributed by atoms with Crippen LogP contribution in [0, 0.1) is 5.92 Å². The van der Waals surface area contributed by atoms with Gasteiger partial charge in [-0.15, -0.1) is 6.58 Å². The molecule has 1 unspecified atom stereocenters. The Bertz CT molecular complexity index is 109. The van der Waals surface area contributed by atoms with Crippen molar-refractivity contribution in [2.24, 2.45) is 5.92 Å². The van der Waals surface area contributed by atoms with E-state index >= 15 is 0 Å². The van der Waals surface area contributed by atoms with Gasteiger partial charge in [0.15, 0.2) is 0 Å². The second-order valence-corrected chi connectivity index (χ2v) is 1.17. The average molecular weight is 113 g/mol. The highest BCUT2D eigenvalue weighted by Gasteiger charge is 2.10. The first-order chi connectivity index (χ1) is 3.72. The molecule has 0 aliphatic rings. The Balaban J connectivity index is 3.88. The van der Waals surface area contributed by atoms with Gasteiger partial charge in [-0.1, -0.05) is 6.08 Å². The van der Waals surface area contributed by atoms with Crippen LogP contribution in [0.5, 0.6) is 0 Å². The van der Waals surface area contributed by atoms with Crippen molar-refractivity contribution in [1.82, 2.24) is 0 Å². The van der Waals surface area contributed by atoms with Gasteiger partial charge in [-0.2, -0.15) is 0 Å². The molecule has 1 radical (unpaired) electrons. The zero-order chi connectivity index (χ0) is 6.57. The second kappa shape index (κ2) is 2.96. The summed E-state index contributed by atoms with van der Waals surface area (Å²) in [5.41, 5.74) is 0. The van der Waals surface area contributed by atoms with Crippen LogP contribution in [0.25, 0.3) is 0 Å².